The fourth-order valence-electron chi connectivity index (χ4n) is 1.52. The topological polar surface area (TPSA) is 75.7 Å². The van der Waals surface area contributed by atoms with Crippen molar-refractivity contribution < 1.29 is 14.9 Å². The van der Waals surface area contributed by atoms with Crippen LogP contribution in [0.4, 0.5) is 0 Å². The summed E-state index contributed by atoms with van der Waals surface area (Å²) < 4.78 is 5.07. The number of phenolic OH excluding ortho intramolecular Hbond substituents is 1. The number of hydrogen-bond donors (Lipinski definition) is 3. The van der Waals surface area contributed by atoms with Gasteiger partial charge in [0.2, 0.25) is 0 Å². The van der Waals surface area contributed by atoms with Gasteiger partial charge >= 0.3 is 0 Å². The van der Waals surface area contributed by atoms with E-state index in [1.807, 2.05) is 13.8 Å². The Balaban J connectivity index is 3.29. The average molecular weight is 225 g/mol. The maximum absolute atomic E-state index is 9.86. The van der Waals surface area contributed by atoms with Crippen molar-refractivity contribution >= 4 is 0 Å². The number of hydrogen-bond acceptors (Lipinski definition) is 4. The number of methoxy groups -OCH3 is 1. The molecule has 4 N–H and O–H groups in total. The zero-order valence-corrected chi connectivity index (χ0v) is 9.90. The third kappa shape index (κ3) is 2.46. The van der Waals surface area contributed by atoms with E-state index in [0.717, 1.165) is 5.56 Å². The first kappa shape index (κ1) is 12.8. The maximum Gasteiger partial charge on any atom is 0.163 e. The summed E-state index contributed by atoms with van der Waals surface area (Å²) in [7, 11) is 1.48. The molecule has 1 unspecified atom stereocenters. The molecule has 1 rings (SSSR count). The third-order valence-corrected chi connectivity index (χ3v) is 2.60. The summed E-state index contributed by atoms with van der Waals surface area (Å²) in [5, 5.41) is 19.6. The summed E-state index contributed by atoms with van der Waals surface area (Å²) in [6, 6.07) is 3.53. The Morgan fingerprint density at radius 2 is 2.00 bits per heavy atom. The Morgan fingerprint density at radius 1 is 1.38 bits per heavy atom. The van der Waals surface area contributed by atoms with Gasteiger partial charge in [-0.15, -0.1) is 0 Å². The van der Waals surface area contributed by atoms with E-state index in [0.29, 0.717) is 17.2 Å². The van der Waals surface area contributed by atoms with Crippen LogP contribution in [-0.4, -0.2) is 23.9 Å². The minimum absolute atomic E-state index is 0.0372. The van der Waals surface area contributed by atoms with Crippen molar-refractivity contribution in [3.05, 3.63) is 23.3 Å². The SMILES string of the molecule is COc1cc(C(C)C)cc(C(O)CN)c1O. The fraction of sp³-hybridized carbons (Fsp3) is 0.500. The van der Waals surface area contributed by atoms with Crippen LogP contribution in [0, 0.1) is 0 Å². The average Bonchev–Trinajstić information content (AvgIpc) is 2.28. The van der Waals surface area contributed by atoms with Crippen LogP contribution in [-0.2, 0) is 0 Å². The van der Waals surface area contributed by atoms with E-state index < -0.39 is 6.10 Å². The van der Waals surface area contributed by atoms with E-state index in [-0.39, 0.29) is 12.3 Å². The van der Waals surface area contributed by atoms with Gasteiger partial charge in [-0.3, -0.25) is 0 Å². The van der Waals surface area contributed by atoms with E-state index in [1.165, 1.54) is 7.11 Å². The largest absolute Gasteiger partial charge is 0.504 e. The van der Waals surface area contributed by atoms with Gasteiger partial charge in [-0.05, 0) is 23.6 Å². The van der Waals surface area contributed by atoms with Crippen LogP contribution in [0.5, 0.6) is 11.5 Å². The van der Waals surface area contributed by atoms with E-state index in [2.05, 4.69) is 0 Å². The van der Waals surface area contributed by atoms with E-state index in [4.69, 9.17) is 10.5 Å². The van der Waals surface area contributed by atoms with Gasteiger partial charge in [-0.2, -0.15) is 0 Å². The number of rotatable bonds is 4. The predicted octanol–water partition coefficient (Wildman–Crippen LogP) is 1.52. The molecule has 0 spiro atoms. The van der Waals surface area contributed by atoms with Crippen molar-refractivity contribution in [2.75, 3.05) is 13.7 Å². The van der Waals surface area contributed by atoms with E-state index in [1.54, 1.807) is 12.1 Å². The van der Waals surface area contributed by atoms with Gasteiger partial charge in [0.25, 0.3) is 0 Å². The number of ether oxygens (including phenoxy) is 1. The van der Waals surface area contributed by atoms with Crippen molar-refractivity contribution in [1.29, 1.82) is 0 Å². The lowest BCUT2D eigenvalue weighted by molar-refractivity contribution is 0.181. The Kier molecular flexibility index (Phi) is 4.15. The van der Waals surface area contributed by atoms with Gasteiger partial charge in [0.15, 0.2) is 11.5 Å². The van der Waals surface area contributed by atoms with Crippen molar-refractivity contribution in [3.63, 3.8) is 0 Å². The van der Waals surface area contributed by atoms with Crippen molar-refractivity contribution in [2.24, 2.45) is 5.73 Å². The second-order valence-electron chi connectivity index (χ2n) is 4.07. The molecule has 4 nitrogen and oxygen atoms in total. The second-order valence-corrected chi connectivity index (χ2v) is 4.07. The monoisotopic (exact) mass is 225 g/mol. The molecule has 0 heterocycles. The van der Waals surface area contributed by atoms with Crippen LogP contribution in [0.3, 0.4) is 0 Å². The molecule has 0 aliphatic heterocycles. The zero-order chi connectivity index (χ0) is 12.3. The Bertz CT molecular complexity index is 364. The molecule has 90 valence electrons. The summed E-state index contributed by atoms with van der Waals surface area (Å²) in [5.74, 6) is 0.622. The van der Waals surface area contributed by atoms with Crippen LogP contribution in [0.25, 0.3) is 0 Å². The molecule has 0 saturated heterocycles. The summed E-state index contributed by atoms with van der Waals surface area (Å²) in [6.07, 6.45) is -0.868. The van der Waals surface area contributed by atoms with E-state index >= 15 is 0 Å². The molecule has 1 aromatic rings. The molecule has 0 aromatic heterocycles. The number of nitrogens with two attached hydrogens (primary N) is 1. The third-order valence-electron chi connectivity index (χ3n) is 2.60. The zero-order valence-electron chi connectivity index (χ0n) is 9.90. The van der Waals surface area contributed by atoms with Gasteiger partial charge in [0, 0.05) is 12.1 Å². The first-order valence-corrected chi connectivity index (χ1v) is 5.30. The molecule has 1 aromatic carbocycles. The lowest BCUT2D eigenvalue weighted by atomic mass is 9.97. The molecule has 0 amide bonds. The molecule has 4 heteroatoms. The Morgan fingerprint density at radius 3 is 2.44 bits per heavy atom. The number of aliphatic hydroxyl groups is 1. The maximum atomic E-state index is 9.86. The highest BCUT2D eigenvalue weighted by Gasteiger charge is 2.17. The Labute approximate surface area is 95.7 Å². The minimum atomic E-state index is -0.868. The van der Waals surface area contributed by atoms with Crippen molar-refractivity contribution in [3.8, 4) is 11.5 Å². The highest BCUT2D eigenvalue weighted by atomic mass is 16.5. The molecule has 16 heavy (non-hydrogen) atoms. The molecule has 0 saturated carbocycles. The number of aromatic hydroxyl groups is 1. The molecule has 0 fully saturated rings. The minimum Gasteiger partial charge on any atom is -0.504 e. The van der Waals surface area contributed by atoms with Gasteiger partial charge in [0.05, 0.1) is 13.2 Å². The first-order valence-electron chi connectivity index (χ1n) is 5.30. The molecular weight excluding hydrogens is 206 g/mol. The van der Waals surface area contributed by atoms with Crippen LogP contribution in [0.1, 0.15) is 37.0 Å². The quantitative estimate of drug-likeness (QED) is 0.726. The molecule has 0 bridgehead atoms. The lowest BCUT2D eigenvalue weighted by Crippen LogP contribution is -2.12. The highest BCUT2D eigenvalue weighted by molar-refractivity contribution is 5.50. The van der Waals surface area contributed by atoms with Gasteiger partial charge < -0.3 is 20.7 Å². The van der Waals surface area contributed by atoms with Gasteiger partial charge in [-0.25, -0.2) is 0 Å². The summed E-state index contributed by atoms with van der Waals surface area (Å²) >= 11 is 0. The van der Waals surface area contributed by atoms with E-state index in [9.17, 15) is 10.2 Å². The summed E-state index contributed by atoms with van der Waals surface area (Å²) in [4.78, 5) is 0. The summed E-state index contributed by atoms with van der Waals surface area (Å²) in [5.41, 5.74) is 6.81. The van der Waals surface area contributed by atoms with Gasteiger partial charge in [-0.1, -0.05) is 13.8 Å². The second kappa shape index (κ2) is 5.18. The van der Waals surface area contributed by atoms with Crippen molar-refractivity contribution in [2.45, 2.75) is 25.9 Å². The highest BCUT2D eigenvalue weighted by Crippen LogP contribution is 2.36. The summed E-state index contributed by atoms with van der Waals surface area (Å²) in [6.45, 7) is 4.13. The normalized spacial score (nSPS) is 12.9. The van der Waals surface area contributed by atoms with Crippen LogP contribution in [0.15, 0.2) is 12.1 Å². The standard InChI is InChI=1S/C12H19NO3/c1-7(2)8-4-9(10(14)6-13)12(15)11(5-8)16-3/h4-5,7,10,14-15H,6,13H2,1-3H3. The molecule has 0 aliphatic carbocycles. The van der Waals surface area contributed by atoms with Crippen LogP contribution in [0.2, 0.25) is 0 Å². The van der Waals surface area contributed by atoms with Gasteiger partial charge in [0.1, 0.15) is 0 Å². The number of benzene rings is 1. The number of phenols is 1. The molecule has 0 aliphatic rings. The fourth-order valence-corrected chi connectivity index (χ4v) is 1.52. The van der Waals surface area contributed by atoms with Crippen LogP contribution >= 0.6 is 0 Å². The molecular formula is C12H19NO3. The smallest absolute Gasteiger partial charge is 0.163 e. The lowest BCUT2D eigenvalue weighted by Gasteiger charge is -2.16. The molecule has 1 atom stereocenters. The van der Waals surface area contributed by atoms with Crippen molar-refractivity contribution in [1.82, 2.24) is 0 Å². The Hall–Kier alpha value is -1.26. The predicted molar refractivity (Wildman–Crippen MR) is 62.8 cm³/mol. The molecule has 0 radical (unpaired) electrons. The van der Waals surface area contributed by atoms with Crippen LogP contribution < -0.4 is 10.5 Å². The first-order chi connectivity index (χ1) is 7.51. The number of aliphatic hydroxyl groups excluding tert-OH is 1.